The van der Waals surface area contributed by atoms with Crippen molar-refractivity contribution >= 4 is 17.7 Å². The van der Waals surface area contributed by atoms with E-state index in [-0.39, 0.29) is 17.8 Å². The summed E-state index contributed by atoms with van der Waals surface area (Å²) in [6, 6.07) is 0. The van der Waals surface area contributed by atoms with E-state index in [9.17, 15) is 14.4 Å². The number of carbonyl (C=O) groups excluding carboxylic acids is 3. The number of hydrogen-bond donors (Lipinski definition) is 0. The van der Waals surface area contributed by atoms with Crippen LogP contribution in [0.15, 0.2) is 23.8 Å². The molecule has 0 aromatic rings. The van der Waals surface area contributed by atoms with E-state index in [1.165, 1.54) is 18.2 Å². The van der Waals surface area contributed by atoms with Gasteiger partial charge in [-0.3, -0.25) is 9.59 Å². The topological polar surface area (TPSA) is 60.4 Å². The first kappa shape index (κ1) is 9.38. The van der Waals surface area contributed by atoms with E-state index in [0.29, 0.717) is 0 Å². The minimum atomic E-state index is -0.745. The third kappa shape index (κ3) is 2.66. The van der Waals surface area contributed by atoms with Gasteiger partial charge in [0.15, 0.2) is 5.78 Å². The van der Waals surface area contributed by atoms with E-state index in [1.54, 1.807) is 0 Å². The molecule has 0 aromatic carbocycles. The summed E-state index contributed by atoms with van der Waals surface area (Å²) in [6.07, 6.45) is 4.29. The molecule has 0 atom stereocenters. The Hall–Kier alpha value is -1.71. The highest BCUT2D eigenvalue weighted by molar-refractivity contribution is 6.04. The molecule has 4 nitrogen and oxygen atoms in total. The molecule has 0 saturated carbocycles. The summed E-state index contributed by atoms with van der Waals surface area (Å²) in [4.78, 5) is 32.3. The first-order valence-corrected chi connectivity index (χ1v) is 3.72. The molecule has 0 saturated heterocycles. The first-order chi connectivity index (χ1) is 6.09. The minimum absolute atomic E-state index is 0.00259. The Morgan fingerprint density at radius 3 is 2.69 bits per heavy atom. The van der Waals surface area contributed by atoms with E-state index in [0.717, 1.165) is 6.92 Å². The van der Waals surface area contributed by atoms with Crippen LogP contribution in [0.3, 0.4) is 0 Å². The Bertz CT molecular complexity index is 323. The second-order valence-corrected chi connectivity index (χ2v) is 2.58. The van der Waals surface area contributed by atoms with Crippen LogP contribution >= 0.6 is 0 Å². The molecule has 1 aliphatic carbocycles. The number of ketones is 1. The molecule has 0 bridgehead atoms. The van der Waals surface area contributed by atoms with Gasteiger partial charge in [0.1, 0.15) is 0 Å². The normalized spacial score (nSPS) is 15.2. The van der Waals surface area contributed by atoms with Crippen LogP contribution in [-0.2, 0) is 19.1 Å². The van der Waals surface area contributed by atoms with Gasteiger partial charge in [0.05, 0.1) is 0 Å². The van der Waals surface area contributed by atoms with Crippen molar-refractivity contribution in [3.05, 3.63) is 23.8 Å². The summed E-state index contributed by atoms with van der Waals surface area (Å²) >= 11 is 0. The predicted molar refractivity (Wildman–Crippen MR) is 43.6 cm³/mol. The highest BCUT2D eigenvalue weighted by atomic mass is 16.6. The Kier molecular flexibility index (Phi) is 2.74. The molecule has 0 N–H and O–H groups in total. The van der Waals surface area contributed by atoms with E-state index >= 15 is 0 Å². The number of hydrogen-bond acceptors (Lipinski definition) is 4. The molecule has 0 aromatic heterocycles. The van der Waals surface area contributed by atoms with Crippen LogP contribution < -0.4 is 0 Å². The van der Waals surface area contributed by atoms with Crippen molar-refractivity contribution in [3.8, 4) is 0 Å². The summed E-state index contributed by atoms with van der Waals surface area (Å²) in [7, 11) is 0. The second kappa shape index (κ2) is 3.80. The molecule has 0 fully saturated rings. The smallest absolute Gasteiger partial charge is 0.342 e. The zero-order valence-corrected chi connectivity index (χ0v) is 7.07. The molecule has 0 aliphatic heterocycles. The highest BCUT2D eigenvalue weighted by Crippen LogP contribution is 2.10. The molecule has 0 unspecified atom stereocenters. The molecule has 1 aliphatic rings. The summed E-state index contributed by atoms with van der Waals surface area (Å²) in [6.45, 7) is 1.14. The van der Waals surface area contributed by atoms with E-state index in [1.807, 2.05) is 0 Å². The molecular weight excluding hydrogens is 172 g/mol. The lowest BCUT2D eigenvalue weighted by atomic mass is 10.0. The molecule has 0 amide bonds. The Morgan fingerprint density at radius 1 is 1.46 bits per heavy atom. The fourth-order valence-electron chi connectivity index (χ4n) is 0.913. The van der Waals surface area contributed by atoms with Gasteiger partial charge in [-0.05, 0) is 6.08 Å². The van der Waals surface area contributed by atoms with Crippen molar-refractivity contribution < 1.29 is 19.1 Å². The van der Waals surface area contributed by atoms with Crippen molar-refractivity contribution in [1.29, 1.82) is 0 Å². The zero-order chi connectivity index (χ0) is 9.84. The third-order valence-corrected chi connectivity index (χ3v) is 1.44. The summed E-state index contributed by atoms with van der Waals surface area (Å²) < 4.78 is 4.31. The first-order valence-electron chi connectivity index (χ1n) is 3.72. The van der Waals surface area contributed by atoms with Crippen molar-refractivity contribution in [2.75, 3.05) is 0 Å². The number of esters is 2. The third-order valence-electron chi connectivity index (χ3n) is 1.44. The quantitative estimate of drug-likeness (QED) is 0.436. The standard InChI is InChI=1S/C9H8O4/c1-6(10)13-9(12)7-3-2-4-8(11)5-7/h2-4H,5H2,1H3. The largest absolute Gasteiger partial charge is 0.390 e. The van der Waals surface area contributed by atoms with Crippen LogP contribution in [0.5, 0.6) is 0 Å². The predicted octanol–water partition coefficient (Wildman–Crippen LogP) is 0.531. The lowest BCUT2D eigenvalue weighted by Gasteiger charge is -2.05. The lowest BCUT2D eigenvalue weighted by molar-refractivity contribution is -0.155. The van der Waals surface area contributed by atoms with Gasteiger partial charge in [0.2, 0.25) is 0 Å². The summed E-state index contributed by atoms with van der Waals surface area (Å²) in [5, 5.41) is 0. The Balaban J connectivity index is 2.67. The van der Waals surface area contributed by atoms with Crippen LogP contribution in [-0.4, -0.2) is 17.7 Å². The maximum Gasteiger partial charge on any atom is 0.342 e. The number of allylic oxidation sites excluding steroid dienone is 3. The van der Waals surface area contributed by atoms with E-state index < -0.39 is 11.9 Å². The zero-order valence-electron chi connectivity index (χ0n) is 7.07. The van der Waals surface area contributed by atoms with Gasteiger partial charge in [0.25, 0.3) is 0 Å². The van der Waals surface area contributed by atoms with Gasteiger partial charge in [-0.1, -0.05) is 12.2 Å². The summed E-state index contributed by atoms with van der Waals surface area (Å²) in [5.41, 5.74) is 0.211. The molecule has 13 heavy (non-hydrogen) atoms. The summed E-state index contributed by atoms with van der Waals surface area (Å²) in [5.74, 6) is -1.59. The maximum atomic E-state index is 11.1. The van der Waals surface area contributed by atoms with Gasteiger partial charge >= 0.3 is 11.9 Å². The molecular formula is C9H8O4. The van der Waals surface area contributed by atoms with Gasteiger partial charge in [-0.15, -0.1) is 0 Å². The van der Waals surface area contributed by atoms with Crippen LogP contribution in [0.2, 0.25) is 0 Å². The number of carbonyl (C=O) groups is 3. The van der Waals surface area contributed by atoms with Crippen molar-refractivity contribution in [1.82, 2.24) is 0 Å². The number of rotatable bonds is 1. The van der Waals surface area contributed by atoms with Gasteiger partial charge in [-0.2, -0.15) is 0 Å². The SMILES string of the molecule is CC(=O)OC(=O)C1=CC=CC(=O)C1. The second-order valence-electron chi connectivity index (χ2n) is 2.58. The number of ether oxygens (including phenoxy) is 1. The fraction of sp³-hybridized carbons (Fsp3) is 0.222. The van der Waals surface area contributed by atoms with Crippen LogP contribution in [0.1, 0.15) is 13.3 Å². The van der Waals surface area contributed by atoms with Gasteiger partial charge in [0, 0.05) is 18.9 Å². The molecule has 68 valence electrons. The molecule has 1 rings (SSSR count). The van der Waals surface area contributed by atoms with Crippen LogP contribution in [0, 0.1) is 0 Å². The average molecular weight is 180 g/mol. The van der Waals surface area contributed by atoms with E-state index in [4.69, 9.17) is 0 Å². The Labute approximate surface area is 74.9 Å². The molecule has 0 heterocycles. The van der Waals surface area contributed by atoms with Gasteiger partial charge < -0.3 is 4.74 Å². The van der Waals surface area contributed by atoms with E-state index in [2.05, 4.69) is 4.74 Å². The van der Waals surface area contributed by atoms with Crippen LogP contribution in [0.25, 0.3) is 0 Å². The minimum Gasteiger partial charge on any atom is -0.390 e. The lowest BCUT2D eigenvalue weighted by Crippen LogP contribution is -2.15. The maximum absolute atomic E-state index is 11.1. The fourth-order valence-corrected chi connectivity index (χ4v) is 0.913. The average Bonchev–Trinajstić information content (AvgIpc) is 2.03. The highest BCUT2D eigenvalue weighted by Gasteiger charge is 2.17. The van der Waals surface area contributed by atoms with Crippen LogP contribution in [0.4, 0.5) is 0 Å². The van der Waals surface area contributed by atoms with Crippen molar-refractivity contribution in [2.45, 2.75) is 13.3 Å². The monoisotopic (exact) mass is 180 g/mol. The van der Waals surface area contributed by atoms with Crippen molar-refractivity contribution in [3.63, 3.8) is 0 Å². The molecule has 0 spiro atoms. The van der Waals surface area contributed by atoms with Crippen molar-refractivity contribution in [2.24, 2.45) is 0 Å². The Morgan fingerprint density at radius 2 is 2.15 bits per heavy atom. The molecule has 4 heteroatoms. The van der Waals surface area contributed by atoms with Gasteiger partial charge in [-0.25, -0.2) is 4.79 Å². The molecule has 0 radical (unpaired) electrons.